The number of ketones is 1. The first-order chi connectivity index (χ1) is 12.2. The number of hydrogen-bond acceptors (Lipinski definition) is 5. The van der Waals surface area contributed by atoms with Gasteiger partial charge >= 0.3 is 23.8 Å². The summed E-state index contributed by atoms with van der Waals surface area (Å²) < 4.78 is 55.8. The van der Waals surface area contributed by atoms with E-state index in [2.05, 4.69) is 5.16 Å². The van der Waals surface area contributed by atoms with Crippen LogP contribution in [0.3, 0.4) is 0 Å². The number of carboxylic acid groups (broad SMARTS) is 1. The lowest BCUT2D eigenvalue weighted by molar-refractivity contribution is -0.137. The molecule has 0 bridgehead atoms. The van der Waals surface area contributed by atoms with Crippen LogP contribution >= 0.6 is 0 Å². The summed E-state index contributed by atoms with van der Waals surface area (Å²) in [6.45, 7) is 0. The van der Waals surface area contributed by atoms with Crippen molar-refractivity contribution >= 4 is 23.4 Å². The highest BCUT2D eigenvalue weighted by Gasteiger charge is 2.41. The van der Waals surface area contributed by atoms with Crippen molar-refractivity contribution in [1.29, 1.82) is 0 Å². The number of carbonyl (C=O) groups is 2. The molecule has 1 fully saturated rings. The van der Waals surface area contributed by atoms with Gasteiger partial charge in [-0.3, -0.25) is 4.79 Å². The Kier molecular flexibility index (Phi) is 4.61. The van der Waals surface area contributed by atoms with Crippen LogP contribution in [0.4, 0.5) is 13.2 Å². The van der Waals surface area contributed by atoms with Gasteiger partial charge in [-0.2, -0.15) is 13.2 Å². The van der Waals surface area contributed by atoms with Crippen molar-refractivity contribution in [2.75, 3.05) is 0 Å². The highest BCUT2D eigenvalue weighted by Crippen LogP contribution is 2.43. The van der Waals surface area contributed by atoms with Crippen LogP contribution in [0.25, 0.3) is 0 Å². The van der Waals surface area contributed by atoms with Gasteiger partial charge in [0.2, 0.25) is 5.69 Å². The number of nitrogens with zero attached hydrogens (tertiary/aromatic N) is 1. The monoisotopic (exact) mass is 386 g/mol. The summed E-state index contributed by atoms with van der Waals surface area (Å²) in [5.74, 6) is -3.09. The van der Waals surface area contributed by atoms with Crippen molar-refractivity contribution in [3.63, 3.8) is 0 Å². The molecule has 1 aromatic carbocycles. The highest BCUT2D eigenvalue weighted by molar-refractivity contribution is 7.64. The number of aromatic nitrogens is 1. The molecule has 136 valence electrons. The summed E-state index contributed by atoms with van der Waals surface area (Å²) in [6, 6.07) is 2.91. The van der Waals surface area contributed by atoms with E-state index in [0.717, 1.165) is 12.1 Å². The molecule has 1 aliphatic rings. The summed E-state index contributed by atoms with van der Waals surface area (Å²) in [5, 5.41) is 12.5. The zero-order chi connectivity index (χ0) is 19.1. The van der Waals surface area contributed by atoms with E-state index in [1.54, 1.807) is 0 Å². The summed E-state index contributed by atoms with van der Waals surface area (Å²) >= 11 is 0.102. The number of hydrogen-bond donors (Lipinski definition) is 1. The maximum atomic E-state index is 13.4. The first-order valence-electron chi connectivity index (χ1n) is 7.46. The molecular weight excluding hydrogens is 375 g/mol. The summed E-state index contributed by atoms with van der Waals surface area (Å²) in [4.78, 5) is 24.1. The molecule has 6 nitrogen and oxygen atoms in total. The van der Waals surface area contributed by atoms with Crippen molar-refractivity contribution in [2.24, 2.45) is 0 Å². The largest absolute Gasteiger partial charge is 0.476 e. The number of halogens is 3. The van der Waals surface area contributed by atoms with Gasteiger partial charge in [0.25, 0.3) is 5.75 Å². The molecule has 1 saturated carbocycles. The second-order valence-corrected chi connectivity index (χ2v) is 6.34. The van der Waals surface area contributed by atoms with Gasteiger partial charge in [0, 0.05) is 21.3 Å². The molecule has 1 N–H and O–H groups in total. The predicted octanol–water partition coefficient (Wildman–Crippen LogP) is 3.43. The minimum atomic E-state index is -4.85. The van der Waals surface area contributed by atoms with Crippen LogP contribution in [0.15, 0.2) is 22.7 Å². The Hall–Kier alpha value is -2.62. The third-order valence-corrected chi connectivity index (χ3v) is 4.41. The van der Waals surface area contributed by atoms with Crippen molar-refractivity contribution in [2.45, 2.75) is 30.7 Å². The van der Waals surface area contributed by atoms with E-state index in [1.165, 1.54) is 6.07 Å². The molecule has 10 heteroatoms. The molecule has 0 radical (unpaired) electrons. The smallest absolute Gasteiger partial charge is 0.463 e. The van der Waals surface area contributed by atoms with Gasteiger partial charge in [0.1, 0.15) is 5.56 Å². The average molecular weight is 386 g/mol. The van der Waals surface area contributed by atoms with E-state index in [-0.39, 0.29) is 34.7 Å². The Balaban J connectivity index is 2.15. The Bertz CT molecular complexity index is 902. The number of rotatable bonds is 6. The fourth-order valence-electron chi connectivity index (χ4n) is 2.61. The molecule has 0 spiro atoms. The van der Waals surface area contributed by atoms with E-state index in [1.807, 2.05) is 0 Å². The lowest BCUT2D eigenvalue weighted by atomic mass is 9.94. The second kappa shape index (κ2) is 6.60. The van der Waals surface area contributed by atoms with E-state index in [4.69, 9.17) is 4.52 Å². The third-order valence-electron chi connectivity index (χ3n) is 3.96. The quantitative estimate of drug-likeness (QED) is 0.603. The molecule has 0 saturated heterocycles. The van der Waals surface area contributed by atoms with Crippen LogP contribution in [-0.4, -0.2) is 22.0 Å². The number of aromatic carboxylic acids is 1. The van der Waals surface area contributed by atoms with Crippen molar-refractivity contribution < 1.29 is 36.6 Å². The summed E-state index contributed by atoms with van der Waals surface area (Å²) in [7, 11) is 0. The molecule has 1 heterocycles. The predicted molar refractivity (Wildman–Crippen MR) is 82.1 cm³/mol. The molecule has 0 unspecified atom stereocenters. The zero-order valence-corrected chi connectivity index (χ0v) is 13.8. The Labute approximate surface area is 148 Å². The summed E-state index contributed by atoms with van der Waals surface area (Å²) in [5.41, 5.74) is -2.97. The number of benzene rings is 1. The molecule has 0 atom stereocenters. The SMILES string of the molecule is O=[S+]Cc1ccc(C(=O)c2c(C(=O)O)noc2C2CC2)c(C(F)(F)F)c1. The van der Waals surface area contributed by atoms with Crippen LogP contribution in [0.5, 0.6) is 0 Å². The minimum Gasteiger partial charge on any atom is -0.476 e. The maximum Gasteiger partial charge on any atom is 0.463 e. The highest BCUT2D eigenvalue weighted by atomic mass is 32.1. The molecular formula is C16H11F3NO5S+. The Morgan fingerprint density at radius 3 is 2.54 bits per heavy atom. The Morgan fingerprint density at radius 2 is 2.00 bits per heavy atom. The normalized spacial score (nSPS) is 14.3. The number of carboxylic acids is 1. The van der Waals surface area contributed by atoms with Gasteiger partial charge in [-0.1, -0.05) is 11.2 Å². The van der Waals surface area contributed by atoms with Crippen LogP contribution in [0.2, 0.25) is 0 Å². The third kappa shape index (κ3) is 3.36. The maximum absolute atomic E-state index is 13.4. The van der Waals surface area contributed by atoms with Gasteiger partial charge in [0.15, 0.2) is 11.5 Å². The van der Waals surface area contributed by atoms with Gasteiger partial charge in [0.05, 0.1) is 5.56 Å². The van der Waals surface area contributed by atoms with Crippen molar-refractivity contribution in [3.8, 4) is 0 Å². The molecule has 2 aromatic rings. The van der Waals surface area contributed by atoms with Gasteiger partial charge < -0.3 is 9.63 Å². The van der Waals surface area contributed by atoms with Crippen molar-refractivity contribution in [3.05, 3.63) is 51.9 Å². The number of carbonyl (C=O) groups excluding carboxylic acids is 1. The van der Waals surface area contributed by atoms with Crippen LogP contribution in [0.1, 0.15) is 62.1 Å². The van der Waals surface area contributed by atoms with Gasteiger partial charge in [-0.15, -0.1) is 0 Å². The molecule has 0 aliphatic heterocycles. The van der Waals surface area contributed by atoms with Crippen LogP contribution in [-0.2, 0) is 27.8 Å². The Morgan fingerprint density at radius 1 is 1.31 bits per heavy atom. The van der Waals surface area contributed by atoms with E-state index in [0.29, 0.717) is 12.8 Å². The zero-order valence-electron chi connectivity index (χ0n) is 13.0. The van der Waals surface area contributed by atoms with Crippen molar-refractivity contribution in [1.82, 2.24) is 5.16 Å². The average Bonchev–Trinajstić information content (AvgIpc) is 3.31. The van der Waals surface area contributed by atoms with Crippen LogP contribution in [0, 0.1) is 0 Å². The topological polar surface area (TPSA) is 97.5 Å². The molecule has 26 heavy (non-hydrogen) atoms. The van der Waals surface area contributed by atoms with Crippen LogP contribution < -0.4 is 0 Å². The minimum absolute atomic E-state index is 0.000264. The summed E-state index contributed by atoms with van der Waals surface area (Å²) in [6.07, 6.45) is -3.57. The lowest BCUT2D eigenvalue weighted by Gasteiger charge is -2.12. The van der Waals surface area contributed by atoms with E-state index >= 15 is 0 Å². The lowest BCUT2D eigenvalue weighted by Crippen LogP contribution is -2.17. The molecule has 1 aromatic heterocycles. The number of alkyl halides is 3. The first-order valence-corrected chi connectivity index (χ1v) is 8.37. The second-order valence-electron chi connectivity index (χ2n) is 5.82. The fourth-order valence-corrected chi connectivity index (χ4v) is 2.92. The first kappa shape index (κ1) is 18.2. The standard InChI is InChI=1S/C16H10F3NO5S/c17-16(18,19)10-5-7(6-26-24)1-4-9(10)13(21)11-12(15(22)23)20-25-14(11)8-2-3-8/h1,4-5,8H,2-3,6H2/p+1. The van der Waals surface area contributed by atoms with Gasteiger partial charge in [-0.05, 0) is 25.0 Å². The molecule has 3 rings (SSSR count). The molecule has 0 amide bonds. The van der Waals surface area contributed by atoms with Gasteiger partial charge in [-0.25, -0.2) is 4.79 Å². The van der Waals surface area contributed by atoms with E-state index < -0.39 is 40.3 Å². The fraction of sp³-hybridized carbons (Fsp3) is 0.312. The van der Waals surface area contributed by atoms with E-state index in [9.17, 15) is 32.1 Å². The molecule has 1 aliphatic carbocycles.